The number of ether oxygens (including phenoxy) is 1. The molecule has 0 spiro atoms. The zero-order valence-electron chi connectivity index (χ0n) is 15.5. The first-order valence-corrected chi connectivity index (χ1v) is 9.92. The molecule has 0 unspecified atom stereocenters. The molecule has 8 heteroatoms. The average molecular weight is 417 g/mol. The van der Waals surface area contributed by atoms with Crippen LogP contribution in [0.25, 0.3) is 0 Å². The third-order valence-electron chi connectivity index (χ3n) is 4.09. The molecule has 28 heavy (non-hydrogen) atoms. The number of carbonyl (C=O) groups excluding carboxylic acids is 1. The van der Waals surface area contributed by atoms with Crippen LogP contribution in [0.15, 0.2) is 53.7 Å². The van der Waals surface area contributed by atoms with Crippen molar-refractivity contribution in [1.82, 2.24) is 14.8 Å². The van der Waals surface area contributed by atoms with E-state index in [4.69, 9.17) is 16.3 Å². The van der Waals surface area contributed by atoms with Gasteiger partial charge in [-0.3, -0.25) is 4.57 Å². The van der Waals surface area contributed by atoms with E-state index in [9.17, 15) is 9.90 Å². The van der Waals surface area contributed by atoms with Crippen LogP contribution in [0.1, 0.15) is 23.9 Å². The number of halogens is 1. The summed E-state index contributed by atoms with van der Waals surface area (Å²) in [5.74, 6) is 0.131. The molecular formula is C20H19ClN3O3S-. The van der Waals surface area contributed by atoms with Crippen LogP contribution in [0, 0.1) is 6.92 Å². The van der Waals surface area contributed by atoms with Crippen LogP contribution in [0.3, 0.4) is 0 Å². The van der Waals surface area contributed by atoms with Crippen LogP contribution < -0.4 is 9.84 Å². The van der Waals surface area contributed by atoms with Gasteiger partial charge in [-0.15, -0.1) is 10.2 Å². The highest BCUT2D eigenvalue weighted by atomic mass is 35.5. The quantitative estimate of drug-likeness (QED) is 0.525. The fourth-order valence-corrected chi connectivity index (χ4v) is 3.41. The number of nitrogens with zero attached hydrogens (tertiary/aromatic N) is 3. The largest absolute Gasteiger partial charge is 0.549 e. The van der Waals surface area contributed by atoms with Gasteiger partial charge in [-0.05, 0) is 43.2 Å². The zero-order chi connectivity index (χ0) is 20.1. The van der Waals surface area contributed by atoms with E-state index in [2.05, 4.69) is 10.2 Å². The lowest BCUT2D eigenvalue weighted by Gasteiger charge is -2.14. The molecule has 0 radical (unpaired) electrons. The molecule has 1 heterocycles. The summed E-state index contributed by atoms with van der Waals surface area (Å²) in [5, 5.41) is 19.9. The molecule has 146 valence electrons. The van der Waals surface area contributed by atoms with E-state index in [1.807, 2.05) is 47.9 Å². The summed E-state index contributed by atoms with van der Waals surface area (Å²) < 4.78 is 7.72. The van der Waals surface area contributed by atoms with E-state index in [0.717, 1.165) is 22.9 Å². The Hall–Kier alpha value is -2.51. The molecule has 0 saturated heterocycles. The number of carboxylic acids is 1. The number of carbonyl (C=O) groups is 1. The highest BCUT2D eigenvalue weighted by Gasteiger charge is 2.17. The summed E-state index contributed by atoms with van der Waals surface area (Å²) in [5.41, 5.74) is 1.97. The first-order valence-electron chi connectivity index (χ1n) is 8.66. The highest BCUT2D eigenvalue weighted by Crippen LogP contribution is 2.25. The lowest BCUT2D eigenvalue weighted by atomic mass is 10.2. The SMILES string of the molecule is Cc1cc(OCc2nnc(S[C@@H](C)C(=O)[O-])n2Cc2ccccc2)ccc1Cl. The predicted molar refractivity (Wildman–Crippen MR) is 106 cm³/mol. The Labute approximate surface area is 172 Å². The van der Waals surface area contributed by atoms with E-state index in [1.54, 1.807) is 19.1 Å². The van der Waals surface area contributed by atoms with Crippen molar-refractivity contribution in [2.75, 3.05) is 0 Å². The van der Waals surface area contributed by atoms with Gasteiger partial charge in [-0.1, -0.05) is 53.7 Å². The van der Waals surface area contributed by atoms with E-state index in [0.29, 0.717) is 28.3 Å². The Bertz CT molecular complexity index is 963. The number of hydrogen-bond acceptors (Lipinski definition) is 6. The standard InChI is InChI=1S/C20H20ClN3O3S/c1-13-10-16(8-9-17(13)21)27-12-18-22-23-20(28-14(2)19(25)26)24(18)11-15-6-4-3-5-7-15/h3-10,14H,11-12H2,1-2H3,(H,25,26)/p-1/t14-/m0/s1. The summed E-state index contributed by atoms with van der Waals surface area (Å²) in [7, 11) is 0. The molecule has 3 aromatic rings. The lowest BCUT2D eigenvalue weighted by Crippen LogP contribution is -2.31. The number of aliphatic carboxylic acids is 1. The smallest absolute Gasteiger partial charge is 0.192 e. The van der Waals surface area contributed by atoms with Crippen LogP contribution in [0.4, 0.5) is 0 Å². The predicted octanol–water partition coefficient (Wildman–Crippen LogP) is 3.10. The number of aromatic nitrogens is 3. The Morgan fingerprint density at radius 3 is 2.68 bits per heavy atom. The van der Waals surface area contributed by atoms with Gasteiger partial charge < -0.3 is 14.6 Å². The van der Waals surface area contributed by atoms with E-state index in [-0.39, 0.29) is 6.61 Å². The maximum atomic E-state index is 11.1. The summed E-state index contributed by atoms with van der Waals surface area (Å²) in [4.78, 5) is 11.1. The molecule has 0 saturated carbocycles. The zero-order valence-corrected chi connectivity index (χ0v) is 17.0. The van der Waals surface area contributed by atoms with Crippen molar-refractivity contribution in [3.05, 3.63) is 70.5 Å². The normalized spacial score (nSPS) is 12.0. The van der Waals surface area contributed by atoms with Gasteiger partial charge in [-0.2, -0.15) is 0 Å². The van der Waals surface area contributed by atoms with Crippen molar-refractivity contribution in [1.29, 1.82) is 0 Å². The van der Waals surface area contributed by atoms with Crippen molar-refractivity contribution in [3.63, 3.8) is 0 Å². The van der Waals surface area contributed by atoms with Crippen molar-refractivity contribution in [3.8, 4) is 5.75 Å². The maximum Gasteiger partial charge on any atom is 0.192 e. The Morgan fingerprint density at radius 2 is 2.00 bits per heavy atom. The van der Waals surface area contributed by atoms with Gasteiger partial charge in [0.1, 0.15) is 12.4 Å². The molecule has 0 bridgehead atoms. The second-order valence-corrected chi connectivity index (χ2v) is 7.96. The van der Waals surface area contributed by atoms with Gasteiger partial charge in [-0.25, -0.2) is 0 Å². The lowest BCUT2D eigenvalue weighted by molar-refractivity contribution is -0.304. The first kappa shape index (κ1) is 20.2. The minimum Gasteiger partial charge on any atom is -0.549 e. The monoisotopic (exact) mass is 416 g/mol. The number of rotatable bonds is 8. The third-order valence-corrected chi connectivity index (χ3v) is 5.57. The van der Waals surface area contributed by atoms with Crippen molar-refractivity contribution in [2.24, 2.45) is 0 Å². The van der Waals surface area contributed by atoms with Gasteiger partial charge in [0.2, 0.25) is 0 Å². The number of carboxylic acid groups (broad SMARTS) is 1. The van der Waals surface area contributed by atoms with Gasteiger partial charge >= 0.3 is 0 Å². The first-order chi connectivity index (χ1) is 13.4. The molecule has 0 fully saturated rings. The fourth-order valence-electron chi connectivity index (χ4n) is 2.50. The van der Waals surface area contributed by atoms with Crippen LogP contribution in [-0.4, -0.2) is 26.0 Å². The molecular weight excluding hydrogens is 398 g/mol. The number of thioether (sulfide) groups is 1. The van der Waals surface area contributed by atoms with Gasteiger partial charge in [0.05, 0.1) is 12.5 Å². The minimum absolute atomic E-state index is 0.196. The number of hydrogen-bond donors (Lipinski definition) is 0. The van der Waals surface area contributed by atoms with Crippen LogP contribution in [0.5, 0.6) is 5.75 Å². The van der Waals surface area contributed by atoms with Gasteiger partial charge in [0.15, 0.2) is 11.0 Å². The minimum atomic E-state index is -1.14. The Balaban J connectivity index is 1.83. The molecule has 0 aliphatic carbocycles. The van der Waals surface area contributed by atoms with Crippen molar-refractivity contribution < 1.29 is 14.6 Å². The fraction of sp³-hybridized carbons (Fsp3) is 0.250. The van der Waals surface area contributed by atoms with Crippen LogP contribution in [0.2, 0.25) is 5.02 Å². The summed E-state index contributed by atoms with van der Waals surface area (Å²) in [6, 6.07) is 15.2. The molecule has 3 rings (SSSR count). The molecule has 0 N–H and O–H groups in total. The van der Waals surface area contributed by atoms with Crippen LogP contribution >= 0.6 is 23.4 Å². The van der Waals surface area contributed by atoms with Gasteiger partial charge in [0.25, 0.3) is 0 Å². The van der Waals surface area contributed by atoms with E-state index in [1.165, 1.54) is 0 Å². The van der Waals surface area contributed by atoms with Crippen LogP contribution in [-0.2, 0) is 17.9 Å². The Morgan fingerprint density at radius 1 is 1.25 bits per heavy atom. The van der Waals surface area contributed by atoms with E-state index >= 15 is 0 Å². The molecule has 6 nitrogen and oxygen atoms in total. The summed E-state index contributed by atoms with van der Waals surface area (Å²) >= 11 is 7.15. The molecule has 0 amide bonds. The Kier molecular flexibility index (Phi) is 6.59. The second kappa shape index (κ2) is 9.12. The molecule has 0 aliphatic rings. The summed E-state index contributed by atoms with van der Waals surface area (Å²) in [6.07, 6.45) is 0. The average Bonchev–Trinajstić information content (AvgIpc) is 3.05. The number of aryl methyl sites for hydroxylation is 1. The molecule has 1 aromatic heterocycles. The molecule has 1 atom stereocenters. The van der Waals surface area contributed by atoms with Crippen molar-refractivity contribution >= 4 is 29.3 Å². The topological polar surface area (TPSA) is 80.1 Å². The van der Waals surface area contributed by atoms with Crippen molar-refractivity contribution in [2.45, 2.75) is 37.4 Å². The summed E-state index contributed by atoms with van der Waals surface area (Å²) in [6.45, 7) is 4.17. The molecule has 0 aliphatic heterocycles. The second-order valence-electron chi connectivity index (χ2n) is 6.25. The third kappa shape index (κ3) is 5.05. The molecule has 2 aromatic carbocycles. The highest BCUT2D eigenvalue weighted by molar-refractivity contribution is 8.00. The number of benzene rings is 2. The van der Waals surface area contributed by atoms with Gasteiger partial charge in [0, 0.05) is 10.3 Å². The maximum absolute atomic E-state index is 11.1. The van der Waals surface area contributed by atoms with E-state index < -0.39 is 11.2 Å².